The molecule has 1 rings (SSSR count). The van der Waals surface area contributed by atoms with Gasteiger partial charge in [0.05, 0.1) is 25.5 Å². The van der Waals surface area contributed by atoms with E-state index in [0.29, 0.717) is 0 Å². The predicted octanol–water partition coefficient (Wildman–Crippen LogP) is 3.18. The van der Waals surface area contributed by atoms with Crippen molar-refractivity contribution < 1.29 is 14.3 Å². The average Bonchev–Trinajstić information content (AvgIpc) is 2.34. The molecule has 0 N–H and O–H groups in total. The highest BCUT2D eigenvalue weighted by atomic mass is 16.6. The van der Waals surface area contributed by atoms with Gasteiger partial charge < -0.3 is 14.3 Å². The van der Waals surface area contributed by atoms with Crippen LogP contribution in [0.1, 0.15) is 32.4 Å². The molecule has 0 fully saturated rings. The first-order valence-electron chi connectivity index (χ1n) is 5.48. The van der Waals surface area contributed by atoms with E-state index in [4.69, 9.17) is 14.3 Å². The molecule has 4 heteroatoms. The molecule has 0 aliphatic carbocycles. The highest BCUT2D eigenvalue weighted by Gasteiger charge is 2.18. The van der Waals surface area contributed by atoms with Crippen molar-refractivity contribution in [3.8, 4) is 11.5 Å². The zero-order valence-corrected chi connectivity index (χ0v) is 11.0. The normalized spacial score (nSPS) is 11.6. The average molecular weight is 237 g/mol. The van der Waals surface area contributed by atoms with E-state index in [1.54, 1.807) is 14.2 Å². The Hall–Kier alpha value is -1.71. The molecular formula is C13H19NO3. The Morgan fingerprint density at radius 2 is 1.65 bits per heavy atom. The quantitative estimate of drug-likeness (QED) is 0.583. The number of oxime groups is 1. The Bertz CT molecular complexity index is 375. The van der Waals surface area contributed by atoms with Crippen LogP contribution in [0.3, 0.4) is 0 Å². The number of hydrogen-bond acceptors (Lipinski definition) is 4. The molecule has 0 aromatic heterocycles. The molecule has 0 heterocycles. The van der Waals surface area contributed by atoms with Crippen LogP contribution < -0.4 is 9.47 Å². The Labute approximate surface area is 102 Å². The van der Waals surface area contributed by atoms with Gasteiger partial charge in [0.15, 0.2) is 6.10 Å². The molecule has 0 aliphatic heterocycles. The molecule has 94 valence electrons. The third-order valence-corrected chi connectivity index (χ3v) is 2.27. The molecule has 0 bridgehead atoms. The van der Waals surface area contributed by atoms with E-state index < -0.39 is 0 Å². The van der Waals surface area contributed by atoms with Gasteiger partial charge in [-0.1, -0.05) is 11.2 Å². The summed E-state index contributed by atoms with van der Waals surface area (Å²) in [5.74, 6) is 1.47. The van der Waals surface area contributed by atoms with Crippen LogP contribution in [0.4, 0.5) is 0 Å². The summed E-state index contributed by atoms with van der Waals surface area (Å²) in [5.41, 5.74) is 1.73. The third kappa shape index (κ3) is 3.37. The fourth-order valence-corrected chi connectivity index (χ4v) is 1.52. The van der Waals surface area contributed by atoms with Gasteiger partial charge in [0.25, 0.3) is 0 Å². The minimum absolute atomic E-state index is 0.226. The second kappa shape index (κ2) is 6.13. The summed E-state index contributed by atoms with van der Waals surface area (Å²) < 4.78 is 10.6. The lowest BCUT2D eigenvalue weighted by Crippen LogP contribution is -2.03. The van der Waals surface area contributed by atoms with E-state index in [2.05, 4.69) is 5.16 Å². The lowest BCUT2D eigenvalue weighted by Gasteiger charge is -2.17. The Balaban J connectivity index is 3.05. The number of benzene rings is 1. The van der Waals surface area contributed by atoms with Crippen LogP contribution >= 0.6 is 0 Å². The molecule has 0 unspecified atom stereocenters. The highest BCUT2D eigenvalue weighted by Crippen LogP contribution is 2.35. The summed E-state index contributed by atoms with van der Waals surface area (Å²) >= 11 is 0. The van der Waals surface area contributed by atoms with Crippen LogP contribution in [-0.2, 0) is 4.84 Å². The van der Waals surface area contributed by atoms with Gasteiger partial charge >= 0.3 is 0 Å². The lowest BCUT2D eigenvalue weighted by atomic mass is 10.1. The van der Waals surface area contributed by atoms with E-state index in [-0.39, 0.29) is 6.10 Å². The van der Waals surface area contributed by atoms with Crippen molar-refractivity contribution in [1.29, 1.82) is 0 Å². The zero-order chi connectivity index (χ0) is 12.8. The number of hydrogen-bond donors (Lipinski definition) is 0. The van der Waals surface area contributed by atoms with Crippen molar-refractivity contribution >= 4 is 5.71 Å². The fraction of sp³-hybridized carbons (Fsp3) is 0.462. The minimum atomic E-state index is -0.226. The predicted molar refractivity (Wildman–Crippen MR) is 67.8 cm³/mol. The van der Waals surface area contributed by atoms with Crippen LogP contribution in [0.5, 0.6) is 11.5 Å². The zero-order valence-electron chi connectivity index (χ0n) is 11.0. The van der Waals surface area contributed by atoms with Crippen LogP contribution in [-0.4, -0.2) is 19.9 Å². The Morgan fingerprint density at radius 1 is 1.12 bits per heavy atom. The van der Waals surface area contributed by atoms with Gasteiger partial charge in [-0.25, -0.2) is 0 Å². The molecule has 0 spiro atoms. The van der Waals surface area contributed by atoms with Crippen LogP contribution in [0.15, 0.2) is 23.4 Å². The first-order valence-corrected chi connectivity index (χ1v) is 5.48. The first-order chi connectivity index (χ1) is 8.10. The second-order valence-corrected chi connectivity index (χ2v) is 3.86. The van der Waals surface area contributed by atoms with Gasteiger partial charge in [0, 0.05) is 0 Å². The van der Waals surface area contributed by atoms with Crippen LogP contribution in [0, 0.1) is 0 Å². The van der Waals surface area contributed by atoms with Crippen molar-refractivity contribution in [1.82, 2.24) is 0 Å². The molecule has 0 saturated heterocycles. The van der Waals surface area contributed by atoms with Gasteiger partial charge in [-0.3, -0.25) is 0 Å². The summed E-state index contributed by atoms with van der Waals surface area (Å²) in [6, 6.07) is 5.63. The van der Waals surface area contributed by atoms with Crippen molar-refractivity contribution in [2.24, 2.45) is 5.16 Å². The summed E-state index contributed by atoms with van der Waals surface area (Å²) in [7, 11) is 3.25. The summed E-state index contributed by atoms with van der Waals surface area (Å²) in [6.45, 7) is 5.67. The monoisotopic (exact) mass is 237 g/mol. The third-order valence-electron chi connectivity index (χ3n) is 2.27. The summed E-state index contributed by atoms with van der Waals surface area (Å²) in [4.78, 5) is 5.40. The van der Waals surface area contributed by atoms with Gasteiger partial charge in [0.2, 0.25) is 0 Å². The van der Waals surface area contributed by atoms with E-state index in [1.165, 1.54) is 0 Å². The summed E-state index contributed by atoms with van der Waals surface area (Å²) in [6.07, 6.45) is -0.226. The molecule has 0 aliphatic rings. The number of methoxy groups -OCH3 is 2. The van der Waals surface area contributed by atoms with Crippen LogP contribution in [0.2, 0.25) is 0 Å². The van der Waals surface area contributed by atoms with Crippen molar-refractivity contribution in [2.75, 3.05) is 14.2 Å². The maximum absolute atomic E-state index is 5.40. The maximum atomic E-state index is 5.40. The van der Waals surface area contributed by atoms with Crippen molar-refractivity contribution in [2.45, 2.75) is 26.9 Å². The van der Waals surface area contributed by atoms with Crippen molar-refractivity contribution in [3.05, 3.63) is 23.8 Å². The van der Waals surface area contributed by atoms with E-state index >= 15 is 0 Å². The van der Waals surface area contributed by atoms with E-state index in [9.17, 15) is 0 Å². The molecule has 0 saturated carbocycles. The number of rotatable bonds is 5. The topological polar surface area (TPSA) is 40.0 Å². The Morgan fingerprint density at radius 3 is 2.06 bits per heavy atom. The van der Waals surface area contributed by atoms with Crippen LogP contribution in [0.25, 0.3) is 0 Å². The lowest BCUT2D eigenvalue weighted by molar-refractivity contribution is 0.0682. The van der Waals surface area contributed by atoms with Gasteiger partial charge in [-0.05, 0) is 32.9 Å². The highest BCUT2D eigenvalue weighted by molar-refractivity contribution is 5.78. The molecule has 0 radical (unpaired) electrons. The molecular weight excluding hydrogens is 218 g/mol. The second-order valence-electron chi connectivity index (χ2n) is 3.86. The smallest absolute Gasteiger partial charge is 0.156 e. The summed E-state index contributed by atoms with van der Waals surface area (Å²) in [5, 5.41) is 3.96. The first kappa shape index (κ1) is 13.4. The molecule has 1 aromatic rings. The molecule has 1 atom stereocenters. The number of ether oxygens (including phenoxy) is 2. The number of nitrogens with zero attached hydrogens (tertiary/aromatic N) is 1. The van der Waals surface area contributed by atoms with Crippen molar-refractivity contribution in [3.63, 3.8) is 0 Å². The Kier molecular flexibility index (Phi) is 4.82. The van der Waals surface area contributed by atoms with Gasteiger partial charge in [-0.2, -0.15) is 0 Å². The standard InChI is InChI=1S/C13H19NO3/c1-9(2)14-17-10(3)13-11(15-4)7-6-8-12(13)16-5/h6-8,10H,1-5H3/t10-/m1/s1. The molecule has 17 heavy (non-hydrogen) atoms. The van der Waals surface area contributed by atoms with Gasteiger partial charge in [-0.15, -0.1) is 0 Å². The largest absolute Gasteiger partial charge is 0.496 e. The van der Waals surface area contributed by atoms with E-state index in [0.717, 1.165) is 22.8 Å². The minimum Gasteiger partial charge on any atom is -0.496 e. The van der Waals surface area contributed by atoms with Gasteiger partial charge in [0.1, 0.15) is 11.5 Å². The SMILES string of the molecule is COc1cccc(OC)c1[C@@H](C)ON=C(C)C. The fourth-order valence-electron chi connectivity index (χ4n) is 1.52. The molecule has 0 amide bonds. The molecule has 1 aromatic carbocycles. The maximum Gasteiger partial charge on any atom is 0.156 e. The van der Waals surface area contributed by atoms with E-state index in [1.807, 2.05) is 39.0 Å². The molecule has 4 nitrogen and oxygen atoms in total.